The van der Waals surface area contributed by atoms with Gasteiger partial charge in [-0.15, -0.1) is 0 Å². The number of benzene rings is 1. The first kappa shape index (κ1) is 11.0. The van der Waals surface area contributed by atoms with Gasteiger partial charge in [-0.05, 0) is 25.0 Å². The summed E-state index contributed by atoms with van der Waals surface area (Å²) in [5.41, 5.74) is 2.22. The van der Waals surface area contributed by atoms with Gasteiger partial charge >= 0.3 is 0 Å². The van der Waals surface area contributed by atoms with Crippen molar-refractivity contribution in [2.45, 2.75) is 25.9 Å². The van der Waals surface area contributed by atoms with Gasteiger partial charge in [0.1, 0.15) is 18.3 Å². The molecular formula is C14H14N2O2. The van der Waals surface area contributed by atoms with E-state index in [2.05, 4.69) is 4.99 Å². The van der Waals surface area contributed by atoms with E-state index in [0.717, 1.165) is 11.1 Å². The van der Waals surface area contributed by atoms with Crippen LogP contribution in [0.3, 0.4) is 0 Å². The average molecular weight is 242 g/mol. The van der Waals surface area contributed by atoms with Crippen LogP contribution in [0.2, 0.25) is 0 Å². The lowest BCUT2D eigenvalue weighted by Gasteiger charge is -2.22. The number of hydrogen-bond donors (Lipinski definition) is 0. The Labute approximate surface area is 106 Å². The highest BCUT2D eigenvalue weighted by atomic mass is 16.5. The van der Waals surface area contributed by atoms with Crippen molar-refractivity contribution in [1.29, 1.82) is 0 Å². The van der Waals surface area contributed by atoms with Crippen LogP contribution in [0.1, 0.15) is 24.1 Å². The number of amidine groups is 1. The average Bonchev–Trinajstić information content (AvgIpc) is 2.88. The quantitative estimate of drug-likeness (QED) is 0.798. The Morgan fingerprint density at radius 2 is 2.17 bits per heavy atom. The number of aliphatic imine (C=N–C) groups is 1. The normalized spacial score (nSPS) is 24.8. The standard InChI is InChI=1S/C14H14N2O2/c1-9-5-3-4-6-11(9)12-13(10(2)17)16-7-8-18-14(16)15-12/h3-8,12-13H,1-2H3. The van der Waals surface area contributed by atoms with Gasteiger partial charge in [-0.1, -0.05) is 24.3 Å². The molecule has 4 nitrogen and oxygen atoms in total. The van der Waals surface area contributed by atoms with E-state index in [1.807, 2.05) is 31.2 Å². The molecule has 0 radical (unpaired) electrons. The minimum atomic E-state index is -0.292. The van der Waals surface area contributed by atoms with Crippen LogP contribution in [0, 0.1) is 6.92 Å². The fourth-order valence-corrected chi connectivity index (χ4v) is 2.51. The molecule has 2 atom stereocenters. The van der Waals surface area contributed by atoms with E-state index in [-0.39, 0.29) is 17.9 Å². The second-order valence-corrected chi connectivity index (χ2v) is 4.58. The number of aryl methyl sites for hydroxylation is 1. The predicted molar refractivity (Wildman–Crippen MR) is 67.9 cm³/mol. The molecule has 4 heteroatoms. The zero-order valence-corrected chi connectivity index (χ0v) is 10.3. The highest BCUT2D eigenvalue weighted by molar-refractivity contribution is 5.92. The third kappa shape index (κ3) is 1.53. The molecular weight excluding hydrogens is 228 g/mol. The van der Waals surface area contributed by atoms with Gasteiger partial charge in [0.15, 0.2) is 5.78 Å². The Balaban J connectivity index is 2.04. The van der Waals surface area contributed by atoms with Crippen LogP contribution in [0.25, 0.3) is 0 Å². The van der Waals surface area contributed by atoms with Crippen LogP contribution in [-0.4, -0.2) is 22.7 Å². The van der Waals surface area contributed by atoms with Crippen LogP contribution < -0.4 is 0 Å². The summed E-state index contributed by atoms with van der Waals surface area (Å²) in [5, 5.41) is 0. The van der Waals surface area contributed by atoms with Gasteiger partial charge in [-0.3, -0.25) is 9.69 Å². The SMILES string of the molecule is CC(=O)C1C(c2ccccc2C)N=C2OC=CN21. The van der Waals surface area contributed by atoms with E-state index in [4.69, 9.17) is 4.74 Å². The summed E-state index contributed by atoms with van der Waals surface area (Å²) in [4.78, 5) is 18.2. The van der Waals surface area contributed by atoms with Crippen molar-refractivity contribution in [2.75, 3.05) is 0 Å². The summed E-state index contributed by atoms with van der Waals surface area (Å²) >= 11 is 0. The minimum absolute atomic E-state index is 0.0946. The summed E-state index contributed by atoms with van der Waals surface area (Å²) in [5.74, 6) is 0.0946. The predicted octanol–water partition coefficient (Wildman–Crippen LogP) is 2.17. The number of fused-ring (bicyclic) bond motifs is 1. The molecule has 2 heterocycles. The van der Waals surface area contributed by atoms with Gasteiger partial charge < -0.3 is 4.74 Å². The molecule has 0 saturated carbocycles. The number of nitrogens with zero attached hydrogens (tertiary/aromatic N) is 2. The molecule has 2 unspecified atom stereocenters. The molecule has 0 aliphatic carbocycles. The third-order valence-corrected chi connectivity index (χ3v) is 3.39. The molecule has 0 bridgehead atoms. The number of rotatable bonds is 2. The number of carbonyl (C=O) groups is 1. The van der Waals surface area contributed by atoms with Gasteiger partial charge in [-0.2, -0.15) is 0 Å². The maximum absolute atomic E-state index is 11.9. The van der Waals surface area contributed by atoms with E-state index in [1.54, 1.807) is 24.3 Å². The Bertz CT molecular complexity index is 563. The molecule has 92 valence electrons. The van der Waals surface area contributed by atoms with Crippen molar-refractivity contribution in [2.24, 2.45) is 4.99 Å². The highest BCUT2D eigenvalue weighted by Crippen LogP contribution is 2.35. The molecule has 0 N–H and O–H groups in total. The monoisotopic (exact) mass is 242 g/mol. The molecule has 1 aromatic carbocycles. The van der Waals surface area contributed by atoms with E-state index in [9.17, 15) is 4.79 Å². The summed E-state index contributed by atoms with van der Waals surface area (Å²) < 4.78 is 5.29. The van der Waals surface area contributed by atoms with Gasteiger partial charge in [-0.25, -0.2) is 4.99 Å². The van der Waals surface area contributed by atoms with Crippen molar-refractivity contribution in [3.05, 3.63) is 47.9 Å². The maximum atomic E-state index is 11.9. The minimum Gasteiger partial charge on any atom is -0.432 e. The Hall–Kier alpha value is -2.10. The van der Waals surface area contributed by atoms with Crippen LogP contribution in [0.5, 0.6) is 0 Å². The first-order valence-electron chi connectivity index (χ1n) is 5.94. The second kappa shape index (κ2) is 3.98. The van der Waals surface area contributed by atoms with Gasteiger partial charge in [0.05, 0.1) is 0 Å². The van der Waals surface area contributed by atoms with Crippen molar-refractivity contribution in [3.8, 4) is 0 Å². The Morgan fingerprint density at radius 3 is 2.89 bits per heavy atom. The summed E-state index contributed by atoms with van der Waals surface area (Å²) in [6.07, 6.45) is 3.33. The van der Waals surface area contributed by atoms with E-state index < -0.39 is 0 Å². The van der Waals surface area contributed by atoms with Gasteiger partial charge in [0, 0.05) is 6.20 Å². The molecule has 0 spiro atoms. The molecule has 0 aromatic heterocycles. The molecule has 2 aliphatic rings. The van der Waals surface area contributed by atoms with Crippen LogP contribution in [0.15, 0.2) is 41.7 Å². The Kier molecular flexibility index (Phi) is 2.44. The molecule has 3 rings (SSSR count). The smallest absolute Gasteiger partial charge is 0.298 e. The summed E-state index contributed by atoms with van der Waals surface area (Å²) in [7, 11) is 0. The zero-order valence-electron chi connectivity index (χ0n) is 10.3. The van der Waals surface area contributed by atoms with Crippen molar-refractivity contribution >= 4 is 11.8 Å². The van der Waals surface area contributed by atoms with Gasteiger partial charge in [0.2, 0.25) is 0 Å². The number of Topliss-reactive ketones (excluding diaryl/α,β-unsaturated/α-hetero) is 1. The lowest BCUT2D eigenvalue weighted by molar-refractivity contribution is -0.120. The van der Waals surface area contributed by atoms with E-state index >= 15 is 0 Å². The van der Waals surface area contributed by atoms with Crippen molar-refractivity contribution < 1.29 is 9.53 Å². The van der Waals surface area contributed by atoms with Crippen LogP contribution in [-0.2, 0) is 9.53 Å². The zero-order chi connectivity index (χ0) is 12.7. The number of hydrogen-bond acceptors (Lipinski definition) is 4. The molecule has 2 aliphatic heterocycles. The first-order valence-corrected chi connectivity index (χ1v) is 5.94. The highest BCUT2D eigenvalue weighted by Gasteiger charge is 2.42. The molecule has 0 amide bonds. The fourth-order valence-electron chi connectivity index (χ4n) is 2.51. The molecule has 1 aromatic rings. The van der Waals surface area contributed by atoms with Crippen molar-refractivity contribution in [3.63, 3.8) is 0 Å². The number of ether oxygens (including phenoxy) is 1. The topological polar surface area (TPSA) is 41.9 Å². The van der Waals surface area contributed by atoms with E-state index in [1.165, 1.54) is 0 Å². The summed E-state index contributed by atoms with van der Waals surface area (Å²) in [6.45, 7) is 3.63. The molecule has 18 heavy (non-hydrogen) atoms. The summed E-state index contributed by atoms with van der Waals surface area (Å²) in [6, 6.07) is 8.06. The first-order chi connectivity index (χ1) is 8.68. The number of ketones is 1. The van der Waals surface area contributed by atoms with E-state index in [0.29, 0.717) is 6.02 Å². The third-order valence-electron chi connectivity index (χ3n) is 3.39. The van der Waals surface area contributed by atoms with Crippen LogP contribution >= 0.6 is 0 Å². The lowest BCUT2D eigenvalue weighted by atomic mass is 9.94. The molecule has 0 saturated heterocycles. The van der Waals surface area contributed by atoms with Gasteiger partial charge in [0.25, 0.3) is 6.02 Å². The lowest BCUT2D eigenvalue weighted by Crippen LogP contribution is -2.37. The fraction of sp³-hybridized carbons (Fsp3) is 0.286. The molecule has 0 fully saturated rings. The second-order valence-electron chi connectivity index (χ2n) is 4.58. The van der Waals surface area contributed by atoms with Crippen LogP contribution in [0.4, 0.5) is 0 Å². The van der Waals surface area contributed by atoms with Crippen molar-refractivity contribution in [1.82, 2.24) is 4.90 Å². The maximum Gasteiger partial charge on any atom is 0.298 e. The Morgan fingerprint density at radius 1 is 1.39 bits per heavy atom. The number of carbonyl (C=O) groups excluding carboxylic acids is 1. The largest absolute Gasteiger partial charge is 0.432 e.